The van der Waals surface area contributed by atoms with Gasteiger partial charge in [0.25, 0.3) is 5.91 Å². The van der Waals surface area contributed by atoms with E-state index in [1.165, 1.54) is 0 Å². The van der Waals surface area contributed by atoms with Crippen molar-refractivity contribution in [1.82, 2.24) is 9.88 Å². The molecule has 1 saturated heterocycles. The number of ether oxygens (including phenoxy) is 2. The number of amides is 1. The number of aromatic nitrogens is 1. The van der Waals surface area contributed by atoms with Gasteiger partial charge in [-0.15, -0.1) is 0 Å². The summed E-state index contributed by atoms with van der Waals surface area (Å²) in [6, 6.07) is 7.72. The maximum atomic E-state index is 12.4. The van der Waals surface area contributed by atoms with Gasteiger partial charge in [-0.1, -0.05) is 6.07 Å². The van der Waals surface area contributed by atoms with Gasteiger partial charge in [0, 0.05) is 32.0 Å². The Morgan fingerprint density at radius 1 is 1.12 bits per heavy atom. The highest BCUT2D eigenvalue weighted by Gasteiger charge is 2.20. The maximum absolute atomic E-state index is 12.4. The Morgan fingerprint density at radius 2 is 1.96 bits per heavy atom. The standard InChI is InChI=1S/C18H19N3O3/c22-18(21-5-1-2-6-21)14-8-15(11-19-10-14)20-9-13-3-4-16-17(7-13)24-12-23-16/h3-4,7-8,10-11,20H,1-2,5-6,9,12H2. The third-order valence-electron chi connectivity index (χ3n) is 4.31. The van der Waals surface area contributed by atoms with Crippen LogP contribution in [0.2, 0.25) is 0 Å². The first-order chi connectivity index (χ1) is 11.8. The van der Waals surface area contributed by atoms with E-state index in [0.717, 1.165) is 48.7 Å². The monoisotopic (exact) mass is 325 g/mol. The van der Waals surface area contributed by atoms with Crippen LogP contribution in [0.1, 0.15) is 28.8 Å². The van der Waals surface area contributed by atoms with Gasteiger partial charge >= 0.3 is 0 Å². The number of nitrogens with zero attached hydrogens (tertiary/aromatic N) is 2. The van der Waals surface area contributed by atoms with E-state index in [0.29, 0.717) is 12.1 Å². The molecule has 6 heteroatoms. The second-order valence-corrected chi connectivity index (χ2v) is 6.00. The summed E-state index contributed by atoms with van der Waals surface area (Å²) in [5.41, 5.74) is 2.54. The molecule has 1 amide bonds. The summed E-state index contributed by atoms with van der Waals surface area (Å²) in [7, 11) is 0. The molecule has 4 rings (SSSR count). The predicted octanol–water partition coefficient (Wildman–Crippen LogP) is 2.66. The molecule has 0 unspecified atom stereocenters. The molecule has 0 atom stereocenters. The lowest BCUT2D eigenvalue weighted by molar-refractivity contribution is 0.0792. The Morgan fingerprint density at radius 3 is 2.83 bits per heavy atom. The van der Waals surface area contributed by atoms with E-state index in [-0.39, 0.29) is 12.7 Å². The predicted molar refractivity (Wildman–Crippen MR) is 89.3 cm³/mol. The molecular weight excluding hydrogens is 306 g/mol. The molecule has 0 spiro atoms. The van der Waals surface area contributed by atoms with E-state index >= 15 is 0 Å². The van der Waals surface area contributed by atoms with Gasteiger partial charge in [-0.25, -0.2) is 0 Å². The van der Waals surface area contributed by atoms with Crippen molar-refractivity contribution in [2.45, 2.75) is 19.4 Å². The van der Waals surface area contributed by atoms with E-state index in [1.807, 2.05) is 29.2 Å². The summed E-state index contributed by atoms with van der Waals surface area (Å²) >= 11 is 0. The van der Waals surface area contributed by atoms with Crippen molar-refractivity contribution in [2.75, 3.05) is 25.2 Å². The number of hydrogen-bond acceptors (Lipinski definition) is 5. The molecule has 24 heavy (non-hydrogen) atoms. The van der Waals surface area contributed by atoms with Crippen molar-refractivity contribution >= 4 is 11.6 Å². The fourth-order valence-corrected chi connectivity index (χ4v) is 3.01. The van der Waals surface area contributed by atoms with Crippen molar-refractivity contribution in [2.24, 2.45) is 0 Å². The molecule has 1 aromatic carbocycles. The Hall–Kier alpha value is -2.76. The molecule has 3 heterocycles. The van der Waals surface area contributed by atoms with Crippen LogP contribution in [0.15, 0.2) is 36.7 Å². The van der Waals surface area contributed by atoms with Crippen LogP contribution in [0.5, 0.6) is 11.5 Å². The van der Waals surface area contributed by atoms with Crippen LogP contribution >= 0.6 is 0 Å². The number of likely N-dealkylation sites (tertiary alicyclic amines) is 1. The fourth-order valence-electron chi connectivity index (χ4n) is 3.01. The van der Waals surface area contributed by atoms with Crippen LogP contribution in [0.4, 0.5) is 5.69 Å². The third kappa shape index (κ3) is 2.99. The lowest BCUT2D eigenvalue weighted by Gasteiger charge is -2.15. The Kier molecular flexibility index (Phi) is 3.94. The zero-order valence-corrected chi connectivity index (χ0v) is 13.3. The van der Waals surface area contributed by atoms with Gasteiger partial charge in [-0.3, -0.25) is 9.78 Å². The summed E-state index contributed by atoms with van der Waals surface area (Å²) in [5, 5.41) is 3.31. The highest BCUT2D eigenvalue weighted by molar-refractivity contribution is 5.94. The molecule has 2 aliphatic rings. The fraction of sp³-hybridized carbons (Fsp3) is 0.333. The highest BCUT2D eigenvalue weighted by Crippen LogP contribution is 2.32. The van der Waals surface area contributed by atoms with E-state index in [9.17, 15) is 4.79 Å². The minimum absolute atomic E-state index is 0.0618. The average Bonchev–Trinajstić information content (AvgIpc) is 3.30. The first-order valence-electron chi connectivity index (χ1n) is 8.16. The molecule has 1 fully saturated rings. The molecule has 0 saturated carbocycles. The smallest absolute Gasteiger partial charge is 0.255 e. The number of rotatable bonds is 4. The largest absolute Gasteiger partial charge is 0.454 e. The Bertz CT molecular complexity index is 757. The first kappa shape index (κ1) is 14.8. The minimum atomic E-state index is 0.0618. The van der Waals surface area contributed by atoms with Crippen LogP contribution in [0, 0.1) is 0 Å². The van der Waals surface area contributed by atoms with Crippen molar-refractivity contribution in [3.8, 4) is 11.5 Å². The zero-order chi connectivity index (χ0) is 16.4. The maximum Gasteiger partial charge on any atom is 0.255 e. The number of fused-ring (bicyclic) bond motifs is 1. The molecule has 2 aliphatic heterocycles. The topological polar surface area (TPSA) is 63.7 Å². The lowest BCUT2D eigenvalue weighted by atomic mass is 10.2. The second-order valence-electron chi connectivity index (χ2n) is 6.00. The van der Waals surface area contributed by atoms with E-state index in [2.05, 4.69) is 10.3 Å². The molecule has 0 radical (unpaired) electrons. The van der Waals surface area contributed by atoms with Crippen LogP contribution in [-0.2, 0) is 6.54 Å². The van der Waals surface area contributed by atoms with E-state index in [4.69, 9.17) is 9.47 Å². The Labute approximate surface area is 140 Å². The minimum Gasteiger partial charge on any atom is -0.454 e. The normalized spacial score (nSPS) is 15.6. The van der Waals surface area contributed by atoms with Gasteiger partial charge in [-0.2, -0.15) is 0 Å². The average molecular weight is 325 g/mol. The van der Waals surface area contributed by atoms with Crippen LogP contribution < -0.4 is 14.8 Å². The number of hydrogen-bond donors (Lipinski definition) is 1. The van der Waals surface area contributed by atoms with Gasteiger partial charge in [0.2, 0.25) is 6.79 Å². The molecule has 0 bridgehead atoms. The lowest BCUT2D eigenvalue weighted by Crippen LogP contribution is -2.27. The summed E-state index contributed by atoms with van der Waals surface area (Å²) in [6.45, 7) is 2.58. The molecule has 0 aliphatic carbocycles. The molecule has 6 nitrogen and oxygen atoms in total. The number of nitrogens with one attached hydrogen (secondary N) is 1. The summed E-state index contributed by atoms with van der Waals surface area (Å²) in [6.07, 6.45) is 5.53. The molecule has 124 valence electrons. The van der Waals surface area contributed by atoms with Crippen molar-refractivity contribution in [1.29, 1.82) is 0 Å². The van der Waals surface area contributed by atoms with Crippen LogP contribution in [-0.4, -0.2) is 35.7 Å². The van der Waals surface area contributed by atoms with Crippen molar-refractivity contribution in [3.63, 3.8) is 0 Å². The van der Waals surface area contributed by atoms with Gasteiger partial charge in [0.1, 0.15) is 0 Å². The number of pyridine rings is 1. The van der Waals surface area contributed by atoms with Crippen molar-refractivity contribution < 1.29 is 14.3 Å². The molecule has 1 N–H and O–H groups in total. The number of carbonyl (C=O) groups excluding carboxylic acids is 1. The summed E-state index contributed by atoms with van der Waals surface area (Å²) in [4.78, 5) is 18.5. The SMILES string of the molecule is O=C(c1cncc(NCc2ccc3c(c2)OCO3)c1)N1CCCC1. The molecule has 1 aromatic heterocycles. The quantitative estimate of drug-likeness (QED) is 0.936. The van der Waals surface area contributed by atoms with E-state index in [1.54, 1.807) is 12.4 Å². The second kappa shape index (κ2) is 6.39. The summed E-state index contributed by atoms with van der Waals surface area (Å²) < 4.78 is 10.7. The number of carbonyl (C=O) groups is 1. The van der Waals surface area contributed by atoms with Crippen molar-refractivity contribution in [3.05, 3.63) is 47.8 Å². The van der Waals surface area contributed by atoms with E-state index < -0.39 is 0 Å². The Balaban J connectivity index is 1.43. The first-order valence-corrected chi connectivity index (χ1v) is 8.16. The zero-order valence-electron chi connectivity index (χ0n) is 13.3. The number of anilines is 1. The van der Waals surface area contributed by atoms with Gasteiger partial charge in [-0.05, 0) is 36.6 Å². The number of benzene rings is 1. The van der Waals surface area contributed by atoms with Gasteiger partial charge < -0.3 is 19.7 Å². The molecular formula is C18H19N3O3. The van der Waals surface area contributed by atoms with Gasteiger partial charge in [0.05, 0.1) is 11.3 Å². The van der Waals surface area contributed by atoms with Gasteiger partial charge in [0.15, 0.2) is 11.5 Å². The highest BCUT2D eigenvalue weighted by atomic mass is 16.7. The summed E-state index contributed by atoms with van der Waals surface area (Å²) in [5.74, 6) is 1.61. The molecule has 2 aromatic rings. The van der Waals surface area contributed by atoms with Crippen LogP contribution in [0.3, 0.4) is 0 Å². The van der Waals surface area contributed by atoms with Crippen LogP contribution in [0.25, 0.3) is 0 Å². The third-order valence-corrected chi connectivity index (χ3v) is 4.31.